The predicted octanol–water partition coefficient (Wildman–Crippen LogP) is 4.37. The summed E-state index contributed by atoms with van der Waals surface area (Å²) >= 11 is 1.48. The number of carbonyl (C=O) groups excluding carboxylic acids is 1. The first-order valence-electron chi connectivity index (χ1n) is 12.2. The zero-order chi connectivity index (χ0) is 27.4. The number of aliphatic carboxylic acids is 1. The van der Waals surface area contributed by atoms with Gasteiger partial charge in [0.1, 0.15) is 6.04 Å². The molecule has 4 aromatic rings. The molecule has 0 aliphatic heterocycles. The fourth-order valence-corrected chi connectivity index (χ4v) is 4.71. The van der Waals surface area contributed by atoms with Gasteiger partial charge in [0.25, 0.3) is 0 Å². The average Bonchev–Trinajstić information content (AvgIpc) is 3.53. The van der Waals surface area contributed by atoms with E-state index in [1.54, 1.807) is 24.8 Å². The number of Topliss-reactive ketones (excluding diaryl/α,β-unsaturated/α-hetero) is 1. The third kappa shape index (κ3) is 6.67. The van der Waals surface area contributed by atoms with Crippen LogP contribution in [0, 0.1) is 6.92 Å². The molecule has 0 saturated heterocycles. The highest BCUT2D eigenvalue weighted by Crippen LogP contribution is 2.28. The Morgan fingerprint density at radius 3 is 2.66 bits per heavy atom. The molecule has 10 nitrogen and oxygen atoms in total. The minimum absolute atomic E-state index is 0.0529. The smallest absolute Gasteiger partial charge is 0.322 e. The van der Waals surface area contributed by atoms with Gasteiger partial charge in [0, 0.05) is 36.0 Å². The number of hydrogen-bond donors (Lipinski definition) is 3. The Morgan fingerprint density at radius 1 is 1.18 bits per heavy atom. The third-order valence-corrected chi connectivity index (χ3v) is 7.39. The second-order valence-electron chi connectivity index (χ2n) is 10.1. The quantitative estimate of drug-likeness (QED) is 0.253. The van der Waals surface area contributed by atoms with Gasteiger partial charge in [0.15, 0.2) is 5.78 Å². The van der Waals surface area contributed by atoms with E-state index in [4.69, 9.17) is 10.8 Å². The molecule has 0 bridgehead atoms. The van der Waals surface area contributed by atoms with Crippen LogP contribution in [0.15, 0.2) is 49.1 Å². The van der Waals surface area contributed by atoms with Crippen LogP contribution in [0.3, 0.4) is 0 Å². The number of carboxylic acid groups (broad SMARTS) is 1. The second kappa shape index (κ2) is 11.2. The molecule has 3 aromatic heterocycles. The fourth-order valence-electron chi connectivity index (χ4n) is 3.77. The molecule has 0 fully saturated rings. The Bertz CT molecular complexity index is 1450. The maximum Gasteiger partial charge on any atom is 0.322 e. The highest BCUT2D eigenvalue weighted by atomic mass is 32.1. The lowest BCUT2D eigenvalue weighted by atomic mass is 9.98. The van der Waals surface area contributed by atoms with Crippen LogP contribution in [0.4, 0.5) is 11.6 Å². The Kier molecular flexibility index (Phi) is 7.98. The van der Waals surface area contributed by atoms with Crippen molar-refractivity contribution >= 4 is 34.7 Å². The number of nitrogens with zero attached hydrogens (tertiary/aromatic N) is 5. The number of carbonyl (C=O) groups is 2. The molecule has 38 heavy (non-hydrogen) atoms. The molecule has 4 rings (SSSR count). The number of aryl methyl sites for hydroxylation is 2. The van der Waals surface area contributed by atoms with E-state index in [1.165, 1.54) is 16.0 Å². The highest BCUT2D eigenvalue weighted by Gasteiger charge is 2.20. The number of ketones is 1. The van der Waals surface area contributed by atoms with E-state index < -0.39 is 12.0 Å². The number of aromatic nitrogens is 5. The molecule has 4 N–H and O–H groups in total. The van der Waals surface area contributed by atoms with Crippen molar-refractivity contribution in [1.82, 2.24) is 24.7 Å². The van der Waals surface area contributed by atoms with Crippen molar-refractivity contribution in [3.8, 4) is 11.3 Å². The molecule has 0 amide bonds. The Labute approximate surface area is 225 Å². The van der Waals surface area contributed by atoms with Gasteiger partial charge < -0.3 is 16.2 Å². The van der Waals surface area contributed by atoms with Crippen LogP contribution in [-0.4, -0.2) is 47.6 Å². The number of nitrogens with one attached hydrogen (secondary N) is 1. The summed E-state index contributed by atoms with van der Waals surface area (Å²) in [6, 6.07) is 6.88. The van der Waals surface area contributed by atoms with Crippen molar-refractivity contribution in [3.05, 3.63) is 70.1 Å². The highest BCUT2D eigenvalue weighted by molar-refractivity contribution is 7.13. The summed E-state index contributed by atoms with van der Waals surface area (Å²) in [4.78, 5) is 37.7. The Morgan fingerprint density at radius 2 is 1.97 bits per heavy atom. The number of thiazole rings is 1. The number of carboxylic acids is 1. The molecule has 0 unspecified atom stereocenters. The van der Waals surface area contributed by atoms with Crippen molar-refractivity contribution in [1.29, 1.82) is 0 Å². The van der Waals surface area contributed by atoms with E-state index in [9.17, 15) is 9.59 Å². The van der Waals surface area contributed by atoms with E-state index >= 15 is 0 Å². The van der Waals surface area contributed by atoms with Crippen molar-refractivity contribution in [2.75, 3.05) is 5.32 Å². The van der Waals surface area contributed by atoms with Gasteiger partial charge >= 0.3 is 5.97 Å². The molecule has 198 valence electrons. The molecule has 0 aliphatic carbocycles. The van der Waals surface area contributed by atoms with Gasteiger partial charge in [-0.25, -0.2) is 15.0 Å². The maximum absolute atomic E-state index is 12.7. The van der Waals surface area contributed by atoms with Gasteiger partial charge in [0.2, 0.25) is 5.95 Å². The van der Waals surface area contributed by atoms with Crippen LogP contribution >= 0.6 is 11.3 Å². The van der Waals surface area contributed by atoms with Gasteiger partial charge in [-0.15, -0.1) is 11.3 Å². The van der Waals surface area contributed by atoms with E-state index in [-0.39, 0.29) is 17.7 Å². The van der Waals surface area contributed by atoms with E-state index in [1.807, 2.05) is 25.1 Å². The van der Waals surface area contributed by atoms with Crippen LogP contribution in [0.1, 0.15) is 53.0 Å². The monoisotopic (exact) mass is 533 g/mol. The summed E-state index contributed by atoms with van der Waals surface area (Å²) in [6.07, 6.45) is 7.65. The van der Waals surface area contributed by atoms with Crippen LogP contribution < -0.4 is 11.1 Å². The first-order valence-corrected chi connectivity index (χ1v) is 13.0. The first-order chi connectivity index (χ1) is 18.0. The predicted molar refractivity (Wildman–Crippen MR) is 147 cm³/mol. The summed E-state index contributed by atoms with van der Waals surface area (Å²) in [5.41, 5.74) is 9.99. The number of benzene rings is 1. The minimum Gasteiger partial charge on any atom is -0.480 e. The summed E-state index contributed by atoms with van der Waals surface area (Å²) in [5, 5.41) is 17.2. The topological polar surface area (TPSA) is 149 Å². The largest absolute Gasteiger partial charge is 0.480 e. The van der Waals surface area contributed by atoms with Crippen molar-refractivity contribution < 1.29 is 14.7 Å². The number of hydrogen-bond acceptors (Lipinski definition) is 9. The van der Waals surface area contributed by atoms with Gasteiger partial charge in [-0.05, 0) is 36.6 Å². The molecule has 0 saturated carbocycles. The maximum atomic E-state index is 12.7. The van der Waals surface area contributed by atoms with Gasteiger partial charge in [-0.2, -0.15) is 5.10 Å². The molecule has 1 aromatic carbocycles. The van der Waals surface area contributed by atoms with Crippen LogP contribution in [0.25, 0.3) is 11.3 Å². The Balaban J connectivity index is 1.40. The van der Waals surface area contributed by atoms with Crippen LogP contribution in [-0.2, 0) is 23.2 Å². The lowest BCUT2D eigenvalue weighted by molar-refractivity contribution is -0.138. The lowest BCUT2D eigenvalue weighted by Crippen LogP contribution is -2.34. The SMILES string of the molecule is Cc1cc(-c2ccnc(Nc3cnn(C[C@H](N)C(=O)O)c3)n2)ccc1CCC(=O)c1cnc(C(C)(C)C)s1. The summed E-state index contributed by atoms with van der Waals surface area (Å²) < 4.78 is 1.45. The molecular formula is C27H31N7O3S. The zero-order valence-electron chi connectivity index (χ0n) is 21.8. The molecule has 1 atom stereocenters. The van der Waals surface area contributed by atoms with Crippen molar-refractivity contribution in [2.45, 2.75) is 58.5 Å². The van der Waals surface area contributed by atoms with Gasteiger partial charge in [-0.3, -0.25) is 14.3 Å². The zero-order valence-corrected chi connectivity index (χ0v) is 22.6. The molecule has 0 aliphatic rings. The number of anilines is 2. The minimum atomic E-state index is -1.09. The van der Waals surface area contributed by atoms with Crippen molar-refractivity contribution in [3.63, 3.8) is 0 Å². The van der Waals surface area contributed by atoms with E-state index in [0.29, 0.717) is 29.4 Å². The molecular weight excluding hydrogens is 502 g/mol. The lowest BCUT2D eigenvalue weighted by Gasteiger charge is -2.13. The van der Waals surface area contributed by atoms with E-state index in [2.05, 4.69) is 52.2 Å². The van der Waals surface area contributed by atoms with E-state index in [0.717, 1.165) is 27.4 Å². The number of nitrogens with two attached hydrogens (primary N) is 1. The summed E-state index contributed by atoms with van der Waals surface area (Å²) in [6.45, 7) is 8.37. The Hall–Kier alpha value is -3.96. The van der Waals surface area contributed by atoms with Crippen LogP contribution in [0.5, 0.6) is 0 Å². The standard InChI is InChI=1S/C27H31N7O3S/c1-16-11-18(6-5-17(16)7-8-22(35)23-13-30-25(38-23)27(2,3)4)21-9-10-29-26(33-21)32-19-12-31-34(14-19)15-20(28)24(36)37/h5-6,9-14,20H,7-8,15,28H2,1-4H3,(H,36,37)(H,29,32,33)/t20-/m0/s1. The van der Waals surface area contributed by atoms with Crippen LogP contribution in [0.2, 0.25) is 0 Å². The number of rotatable bonds is 10. The molecule has 0 radical (unpaired) electrons. The third-order valence-electron chi connectivity index (χ3n) is 5.93. The summed E-state index contributed by atoms with van der Waals surface area (Å²) in [7, 11) is 0. The normalized spacial score (nSPS) is 12.3. The van der Waals surface area contributed by atoms with Gasteiger partial charge in [-0.1, -0.05) is 32.9 Å². The van der Waals surface area contributed by atoms with Crippen molar-refractivity contribution in [2.24, 2.45) is 5.73 Å². The molecule has 0 spiro atoms. The second-order valence-corrected chi connectivity index (χ2v) is 11.2. The van der Waals surface area contributed by atoms with Gasteiger partial charge in [0.05, 0.1) is 34.0 Å². The molecule has 3 heterocycles. The summed E-state index contributed by atoms with van der Waals surface area (Å²) in [5.74, 6) is -0.592. The molecule has 11 heteroatoms. The first kappa shape index (κ1) is 27.1. The fraction of sp³-hybridized carbons (Fsp3) is 0.333. The average molecular weight is 534 g/mol.